The number of thiophene rings is 1. The number of nitrogens with zero attached hydrogens (tertiary/aromatic N) is 2. The van der Waals surface area contributed by atoms with E-state index in [1.807, 2.05) is 6.92 Å². The first kappa shape index (κ1) is 14.6. The van der Waals surface area contributed by atoms with Crippen molar-refractivity contribution >= 4 is 33.2 Å². The molecule has 0 saturated heterocycles. The summed E-state index contributed by atoms with van der Waals surface area (Å²) in [4.78, 5) is 5.80. The number of ether oxygens (including phenoxy) is 1. The van der Waals surface area contributed by atoms with Crippen LogP contribution in [-0.2, 0) is 17.8 Å². The molecule has 0 amide bonds. The summed E-state index contributed by atoms with van der Waals surface area (Å²) in [7, 11) is 1.73. The average molecular weight is 344 g/mol. The van der Waals surface area contributed by atoms with Crippen molar-refractivity contribution in [3.8, 4) is 0 Å². The van der Waals surface area contributed by atoms with Gasteiger partial charge in [0.05, 0.1) is 12.2 Å². The van der Waals surface area contributed by atoms with Crippen molar-refractivity contribution in [1.29, 1.82) is 0 Å². The van der Waals surface area contributed by atoms with E-state index in [1.165, 1.54) is 4.88 Å². The largest absolute Gasteiger partial charge is 0.385 e. The second kappa shape index (κ2) is 7.07. The monoisotopic (exact) mass is 343 g/mol. The number of methoxy groups -OCH3 is 1. The van der Waals surface area contributed by atoms with E-state index in [1.54, 1.807) is 18.4 Å². The molecule has 0 radical (unpaired) electrons. The van der Waals surface area contributed by atoms with E-state index in [4.69, 9.17) is 4.74 Å². The van der Waals surface area contributed by atoms with Crippen LogP contribution in [0.5, 0.6) is 0 Å². The van der Waals surface area contributed by atoms with Gasteiger partial charge < -0.3 is 14.6 Å². The molecule has 0 fully saturated rings. The number of aryl methyl sites for hydroxylation is 2. The first-order valence-corrected chi connectivity index (χ1v) is 7.86. The van der Waals surface area contributed by atoms with Crippen LogP contribution in [0.1, 0.15) is 17.0 Å². The van der Waals surface area contributed by atoms with Crippen molar-refractivity contribution in [3.05, 3.63) is 32.7 Å². The van der Waals surface area contributed by atoms with Crippen LogP contribution in [0.3, 0.4) is 0 Å². The maximum absolute atomic E-state index is 5.08. The maximum atomic E-state index is 5.08. The van der Waals surface area contributed by atoms with Crippen LogP contribution in [0.2, 0.25) is 0 Å². The lowest BCUT2D eigenvalue weighted by Crippen LogP contribution is -2.08. The van der Waals surface area contributed by atoms with Crippen molar-refractivity contribution < 1.29 is 4.74 Å². The van der Waals surface area contributed by atoms with Gasteiger partial charge in [0.1, 0.15) is 0 Å². The van der Waals surface area contributed by atoms with Gasteiger partial charge in [-0.25, -0.2) is 4.98 Å². The van der Waals surface area contributed by atoms with Crippen LogP contribution in [-0.4, -0.2) is 23.3 Å². The second-order valence-corrected chi connectivity index (χ2v) is 6.24. The Morgan fingerprint density at radius 3 is 3.05 bits per heavy atom. The van der Waals surface area contributed by atoms with Gasteiger partial charge in [0.15, 0.2) is 0 Å². The molecule has 0 unspecified atom stereocenters. The summed E-state index contributed by atoms with van der Waals surface area (Å²) in [5.41, 5.74) is 1.03. The predicted molar refractivity (Wildman–Crippen MR) is 82.8 cm³/mol. The Morgan fingerprint density at radius 2 is 2.37 bits per heavy atom. The molecule has 0 spiro atoms. The fourth-order valence-electron chi connectivity index (χ4n) is 1.85. The molecule has 0 aliphatic rings. The molecular weight excluding hydrogens is 326 g/mol. The van der Waals surface area contributed by atoms with E-state index in [0.717, 1.165) is 42.2 Å². The molecule has 6 heteroatoms. The minimum atomic E-state index is 0.772. The SMILES string of the molecule is COCCCn1cc(C)nc1NCc1cc(Br)cs1. The Hall–Kier alpha value is -0.850. The molecule has 19 heavy (non-hydrogen) atoms. The predicted octanol–water partition coefficient (Wildman–Crippen LogP) is 3.66. The number of anilines is 1. The van der Waals surface area contributed by atoms with Gasteiger partial charge in [-0.2, -0.15) is 0 Å². The summed E-state index contributed by atoms with van der Waals surface area (Å²) >= 11 is 5.20. The number of hydrogen-bond acceptors (Lipinski definition) is 4. The highest BCUT2D eigenvalue weighted by molar-refractivity contribution is 9.10. The molecule has 2 heterocycles. The van der Waals surface area contributed by atoms with Crippen LogP contribution < -0.4 is 5.32 Å². The zero-order valence-electron chi connectivity index (χ0n) is 11.1. The molecular formula is C13H18BrN3OS. The molecule has 0 aliphatic carbocycles. The molecule has 0 aromatic carbocycles. The highest BCUT2D eigenvalue weighted by Crippen LogP contribution is 2.20. The van der Waals surface area contributed by atoms with Crippen LogP contribution in [0.25, 0.3) is 0 Å². The van der Waals surface area contributed by atoms with E-state index < -0.39 is 0 Å². The minimum absolute atomic E-state index is 0.772. The van der Waals surface area contributed by atoms with E-state index in [2.05, 4.69) is 48.4 Å². The Morgan fingerprint density at radius 1 is 1.53 bits per heavy atom. The van der Waals surface area contributed by atoms with Crippen LogP contribution in [0.4, 0.5) is 5.95 Å². The smallest absolute Gasteiger partial charge is 0.203 e. The first-order chi connectivity index (χ1) is 9.19. The summed E-state index contributed by atoms with van der Waals surface area (Å²) in [6, 6.07) is 2.13. The van der Waals surface area contributed by atoms with E-state index in [9.17, 15) is 0 Å². The topological polar surface area (TPSA) is 39.1 Å². The first-order valence-electron chi connectivity index (χ1n) is 6.18. The molecule has 1 N–H and O–H groups in total. The molecule has 2 aromatic heterocycles. The summed E-state index contributed by atoms with van der Waals surface area (Å²) in [5, 5.41) is 5.48. The molecule has 2 rings (SSSR count). The van der Waals surface area contributed by atoms with Crippen molar-refractivity contribution in [2.75, 3.05) is 19.0 Å². The third-order valence-electron chi connectivity index (χ3n) is 2.69. The fraction of sp³-hybridized carbons (Fsp3) is 0.462. The molecule has 104 valence electrons. The number of halogens is 1. The molecule has 0 atom stereocenters. The lowest BCUT2D eigenvalue weighted by atomic mass is 10.4. The van der Waals surface area contributed by atoms with Gasteiger partial charge in [0.25, 0.3) is 0 Å². The lowest BCUT2D eigenvalue weighted by Gasteiger charge is -2.08. The summed E-state index contributed by atoms with van der Waals surface area (Å²) < 4.78 is 8.37. The zero-order valence-corrected chi connectivity index (χ0v) is 13.6. The zero-order chi connectivity index (χ0) is 13.7. The molecule has 0 saturated carbocycles. The third-order valence-corrected chi connectivity index (χ3v) is 4.38. The Balaban J connectivity index is 1.95. The molecule has 0 bridgehead atoms. The highest BCUT2D eigenvalue weighted by Gasteiger charge is 2.06. The summed E-state index contributed by atoms with van der Waals surface area (Å²) in [5.74, 6) is 0.929. The average Bonchev–Trinajstić information content (AvgIpc) is 2.94. The van der Waals surface area contributed by atoms with E-state index in [0.29, 0.717) is 0 Å². The van der Waals surface area contributed by atoms with E-state index >= 15 is 0 Å². The highest BCUT2D eigenvalue weighted by atomic mass is 79.9. The Bertz CT molecular complexity index is 524. The maximum Gasteiger partial charge on any atom is 0.203 e. The van der Waals surface area contributed by atoms with E-state index in [-0.39, 0.29) is 0 Å². The van der Waals surface area contributed by atoms with Gasteiger partial charge in [0, 0.05) is 41.2 Å². The number of imidazole rings is 1. The van der Waals surface area contributed by atoms with Crippen LogP contribution in [0.15, 0.2) is 22.1 Å². The quantitative estimate of drug-likeness (QED) is 0.779. The lowest BCUT2D eigenvalue weighted by molar-refractivity contribution is 0.190. The van der Waals surface area contributed by atoms with Gasteiger partial charge in [0.2, 0.25) is 5.95 Å². The van der Waals surface area contributed by atoms with Crippen molar-refractivity contribution in [2.24, 2.45) is 0 Å². The van der Waals surface area contributed by atoms with Crippen molar-refractivity contribution in [2.45, 2.75) is 26.4 Å². The molecule has 0 aliphatic heterocycles. The number of nitrogens with one attached hydrogen (secondary N) is 1. The molecule has 2 aromatic rings. The van der Waals surface area contributed by atoms with Gasteiger partial charge in [-0.15, -0.1) is 11.3 Å². The number of aromatic nitrogens is 2. The van der Waals surface area contributed by atoms with Crippen molar-refractivity contribution in [1.82, 2.24) is 9.55 Å². The van der Waals surface area contributed by atoms with Crippen LogP contribution >= 0.6 is 27.3 Å². The van der Waals surface area contributed by atoms with Crippen molar-refractivity contribution in [3.63, 3.8) is 0 Å². The van der Waals surface area contributed by atoms with Gasteiger partial charge in [-0.3, -0.25) is 0 Å². The Kier molecular flexibility index (Phi) is 5.42. The number of rotatable bonds is 7. The normalized spacial score (nSPS) is 10.9. The Labute approximate surface area is 125 Å². The summed E-state index contributed by atoms with van der Waals surface area (Å²) in [6.45, 7) is 4.51. The second-order valence-electron chi connectivity index (χ2n) is 4.33. The van der Waals surface area contributed by atoms with Gasteiger partial charge in [-0.1, -0.05) is 0 Å². The van der Waals surface area contributed by atoms with Crippen LogP contribution in [0, 0.1) is 6.92 Å². The standard InChI is InChI=1S/C13H18BrN3OS/c1-10-8-17(4-3-5-18-2)13(16-10)15-7-12-6-11(14)9-19-12/h6,8-9H,3-5,7H2,1-2H3,(H,15,16). The minimum Gasteiger partial charge on any atom is -0.385 e. The summed E-state index contributed by atoms with van der Waals surface area (Å²) in [6.07, 6.45) is 3.06. The van der Waals surface area contributed by atoms with Gasteiger partial charge >= 0.3 is 0 Å². The number of hydrogen-bond donors (Lipinski definition) is 1. The fourth-order valence-corrected chi connectivity index (χ4v) is 3.24. The molecule has 4 nitrogen and oxygen atoms in total. The van der Waals surface area contributed by atoms with Gasteiger partial charge in [-0.05, 0) is 35.3 Å². The third kappa shape index (κ3) is 4.33.